The fourth-order valence-electron chi connectivity index (χ4n) is 1.26. The van der Waals surface area contributed by atoms with Crippen LogP contribution >= 0.6 is 11.6 Å². The summed E-state index contributed by atoms with van der Waals surface area (Å²) in [7, 11) is 0. The Morgan fingerprint density at radius 1 is 1.13 bits per heavy atom. The molecule has 0 aliphatic carbocycles. The average Bonchev–Trinajstić information content (AvgIpc) is 2.26. The number of rotatable bonds is 7. The van der Waals surface area contributed by atoms with E-state index in [1.807, 2.05) is 0 Å². The van der Waals surface area contributed by atoms with E-state index < -0.39 is 0 Å². The van der Waals surface area contributed by atoms with Crippen molar-refractivity contribution in [3.8, 4) is 5.88 Å². The van der Waals surface area contributed by atoms with Crippen LogP contribution in [0.15, 0.2) is 12.1 Å². The molecule has 4 heteroatoms. The molecular formula is C11H17ClN2O. The van der Waals surface area contributed by atoms with Crippen LogP contribution in [-0.4, -0.2) is 16.8 Å². The molecule has 1 aromatic heterocycles. The van der Waals surface area contributed by atoms with E-state index in [2.05, 4.69) is 17.1 Å². The minimum absolute atomic E-state index is 0.394. The highest BCUT2D eigenvalue weighted by Gasteiger charge is 1.96. The SMILES string of the molecule is CCCCCCCOc1ccc(Cl)nn1. The lowest BCUT2D eigenvalue weighted by atomic mass is 10.2. The predicted octanol–water partition coefficient (Wildman–Crippen LogP) is 3.48. The lowest BCUT2D eigenvalue weighted by Crippen LogP contribution is -1.99. The number of nitrogens with zero attached hydrogens (tertiary/aromatic N) is 2. The van der Waals surface area contributed by atoms with Crippen LogP contribution in [0.1, 0.15) is 39.0 Å². The Labute approximate surface area is 95.8 Å². The van der Waals surface area contributed by atoms with Crippen molar-refractivity contribution in [2.24, 2.45) is 0 Å². The zero-order valence-electron chi connectivity index (χ0n) is 9.08. The van der Waals surface area contributed by atoms with Crippen molar-refractivity contribution in [3.05, 3.63) is 17.3 Å². The Morgan fingerprint density at radius 2 is 1.93 bits per heavy atom. The molecule has 0 aliphatic heterocycles. The lowest BCUT2D eigenvalue weighted by Gasteiger charge is -2.03. The third-order valence-electron chi connectivity index (χ3n) is 2.11. The number of halogens is 1. The van der Waals surface area contributed by atoms with Crippen molar-refractivity contribution >= 4 is 11.6 Å². The molecule has 0 aromatic carbocycles. The smallest absolute Gasteiger partial charge is 0.233 e. The van der Waals surface area contributed by atoms with Gasteiger partial charge in [0.1, 0.15) is 0 Å². The van der Waals surface area contributed by atoms with Crippen LogP contribution in [0.5, 0.6) is 5.88 Å². The maximum Gasteiger partial charge on any atom is 0.233 e. The number of hydrogen-bond acceptors (Lipinski definition) is 3. The second-order valence-electron chi connectivity index (χ2n) is 3.46. The quantitative estimate of drug-likeness (QED) is 0.671. The number of ether oxygens (including phenoxy) is 1. The van der Waals surface area contributed by atoms with Gasteiger partial charge in [-0.05, 0) is 12.5 Å². The van der Waals surface area contributed by atoms with E-state index in [0.29, 0.717) is 17.6 Å². The maximum atomic E-state index is 5.60. The van der Waals surface area contributed by atoms with Gasteiger partial charge in [-0.1, -0.05) is 44.2 Å². The molecular weight excluding hydrogens is 212 g/mol. The first-order chi connectivity index (χ1) is 7.33. The van der Waals surface area contributed by atoms with Gasteiger partial charge in [0.2, 0.25) is 5.88 Å². The van der Waals surface area contributed by atoms with Gasteiger partial charge in [0.05, 0.1) is 6.61 Å². The highest BCUT2D eigenvalue weighted by Crippen LogP contribution is 2.09. The van der Waals surface area contributed by atoms with E-state index in [1.54, 1.807) is 12.1 Å². The van der Waals surface area contributed by atoms with Crippen molar-refractivity contribution < 1.29 is 4.74 Å². The van der Waals surface area contributed by atoms with E-state index in [1.165, 1.54) is 25.7 Å². The molecule has 0 bridgehead atoms. The minimum atomic E-state index is 0.394. The third kappa shape index (κ3) is 5.57. The molecule has 0 aliphatic rings. The molecule has 0 saturated heterocycles. The highest BCUT2D eigenvalue weighted by atomic mass is 35.5. The van der Waals surface area contributed by atoms with Crippen LogP contribution in [0.4, 0.5) is 0 Å². The fraction of sp³-hybridized carbons (Fsp3) is 0.636. The van der Waals surface area contributed by atoms with Crippen molar-refractivity contribution in [1.29, 1.82) is 0 Å². The van der Waals surface area contributed by atoms with Gasteiger partial charge >= 0.3 is 0 Å². The van der Waals surface area contributed by atoms with Gasteiger partial charge in [0.25, 0.3) is 0 Å². The van der Waals surface area contributed by atoms with Crippen LogP contribution in [-0.2, 0) is 0 Å². The molecule has 0 saturated carbocycles. The van der Waals surface area contributed by atoms with E-state index in [0.717, 1.165) is 6.42 Å². The molecule has 1 rings (SSSR count). The average molecular weight is 229 g/mol. The topological polar surface area (TPSA) is 35.0 Å². The summed E-state index contributed by atoms with van der Waals surface area (Å²) in [5.41, 5.74) is 0. The second-order valence-corrected chi connectivity index (χ2v) is 3.84. The molecule has 0 atom stereocenters. The van der Waals surface area contributed by atoms with Crippen molar-refractivity contribution in [1.82, 2.24) is 10.2 Å². The van der Waals surface area contributed by atoms with Gasteiger partial charge in [-0.25, -0.2) is 0 Å². The van der Waals surface area contributed by atoms with Gasteiger partial charge in [0, 0.05) is 6.07 Å². The van der Waals surface area contributed by atoms with E-state index in [-0.39, 0.29) is 0 Å². The summed E-state index contributed by atoms with van der Waals surface area (Å²) >= 11 is 5.60. The molecule has 0 amide bonds. The lowest BCUT2D eigenvalue weighted by molar-refractivity contribution is 0.290. The Balaban J connectivity index is 2.07. The molecule has 1 heterocycles. The zero-order valence-corrected chi connectivity index (χ0v) is 9.83. The second kappa shape index (κ2) is 7.46. The molecule has 15 heavy (non-hydrogen) atoms. The Hall–Kier alpha value is -0.830. The summed E-state index contributed by atoms with van der Waals surface area (Å²) in [5, 5.41) is 7.90. The molecule has 0 unspecified atom stereocenters. The van der Waals surface area contributed by atoms with Crippen LogP contribution in [0, 0.1) is 0 Å². The molecule has 84 valence electrons. The summed E-state index contributed by atoms with van der Waals surface area (Å²) in [6, 6.07) is 3.42. The van der Waals surface area contributed by atoms with Crippen molar-refractivity contribution in [2.45, 2.75) is 39.0 Å². The van der Waals surface area contributed by atoms with Gasteiger partial charge in [0.15, 0.2) is 5.15 Å². The minimum Gasteiger partial charge on any atom is -0.477 e. The van der Waals surface area contributed by atoms with Crippen molar-refractivity contribution in [2.75, 3.05) is 6.61 Å². The monoisotopic (exact) mass is 228 g/mol. The molecule has 0 spiro atoms. The molecule has 0 radical (unpaired) electrons. The van der Waals surface area contributed by atoms with Gasteiger partial charge in [-0.3, -0.25) is 0 Å². The largest absolute Gasteiger partial charge is 0.477 e. The van der Waals surface area contributed by atoms with Crippen LogP contribution in [0.3, 0.4) is 0 Å². The summed E-state index contributed by atoms with van der Waals surface area (Å²) < 4.78 is 5.41. The first-order valence-electron chi connectivity index (χ1n) is 5.45. The summed E-state index contributed by atoms with van der Waals surface area (Å²) in [4.78, 5) is 0. The first kappa shape index (κ1) is 12.2. The number of hydrogen-bond donors (Lipinski definition) is 0. The summed E-state index contributed by atoms with van der Waals surface area (Å²) in [6.07, 6.45) is 6.15. The Bertz CT molecular complexity index is 264. The van der Waals surface area contributed by atoms with Crippen LogP contribution in [0.2, 0.25) is 5.15 Å². The number of aromatic nitrogens is 2. The standard InChI is InChI=1S/C11H17ClN2O/c1-2-3-4-5-6-9-15-11-8-7-10(12)13-14-11/h7-8H,2-6,9H2,1H3. The van der Waals surface area contributed by atoms with E-state index in [4.69, 9.17) is 16.3 Å². The summed E-state index contributed by atoms with van der Waals surface area (Å²) in [6.45, 7) is 2.92. The maximum absolute atomic E-state index is 5.60. The molecule has 3 nitrogen and oxygen atoms in total. The fourth-order valence-corrected chi connectivity index (χ4v) is 1.36. The molecule has 1 aromatic rings. The van der Waals surface area contributed by atoms with Gasteiger partial charge < -0.3 is 4.74 Å². The van der Waals surface area contributed by atoms with E-state index >= 15 is 0 Å². The third-order valence-corrected chi connectivity index (χ3v) is 2.31. The first-order valence-corrected chi connectivity index (χ1v) is 5.82. The normalized spacial score (nSPS) is 10.3. The summed E-state index contributed by atoms with van der Waals surface area (Å²) in [5.74, 6) is 0.551. The van der Waals surface area contributed by atoms with Crippen molar-refractivity contribution in [3.63, 3.8) is 0 Å². The number of unbranched alkanes of at least 4 members (excludes halogenated alkanes) is 4. The van der Waals surface area contributed by atoms with Crippen LogP contribution in [0.25, 0.3) is 0 Å². The zero-order chi connectivity index (χ0) is 10.9. The van der Waals surface area contributed by atoms with Crippen LogP contribution < -0.4 is 4.74 Å². The predicted molar refractivity (Wildman–Crippen MR) is 61.3 cm³/mol. The molecule has 0 N–H and O–H groups in total. The van der Waals surface area contributed by atoms with E-state index in [9.17, 15) is 0 Å². The Morgan fingerprint density at radius 3 is 2.60 bits per heavy atom. The Kier molecular flexibility index (Phi) is 6.09. The van der Waals surface area contributed by atoms with Gasteiger partial charge in [-0.15, -0.1) is 10.2 Å². The highest BCUT2D eigenvalue weighted by molar-refractivity contribution is 6.29. The molecule has 0 fully saturated rings. The van der Waals surface area contributed by atoms with Gasteiger partial charge in [-0.2, -0.15) is 0 Å².